The molecule has 2 aromatic carbocycles. The molecule has 1 saturated carbocycles. The second-order valence-electron chi connectivity index (χ2n) is 9.41. The van der Waals surface area contributed by atoms with Crippen molar-refractivity contribution in [2.24, 2.45) is 11.8 Å². The first kappa shape index (κ1) is 20.0. The number of hydrogen-bond donors (Lipinski definition) is 1. The number of likely N-dealkylation sites (tertiary alicyclic amines) is 1. The van der Waals surface area contributed by atoms with Gasteiger partial charge in [0.15, 0.2) is 0 Å². The van der Waals surface area contributed by atoms with E-state index in [1.165, 1.54) is 25.7 Å². The van der Waals surface area contributed by atoms with Gasteiger partial charge in [-0.1, -0.05) is 61.7 Å². The zero-order valence-electron chi connectivity index (χ0n) is 18.0. The first-order valence-electron chi connectivity index (χ1n) is 11.4. The predicted molar refractivity (Wildman–Crippen MR) is 118 cm³/mol. The topological polar surface area (TPSA) is 69.7 Å². The summed E-state index contributed by atoms with van der Waals surface area (Å²) in [6, 6.07) is 13.1. The molecule has 1 aliphatic carbocycles. The highest BCUT2D eigenvalue weighted by molar-refractivity contribution is 6.10. The number of rotatable bonds is 3. The summed E-state index contributed by atoms with van der Waals surface area (Å²) in [5.74, 6) is 0.795. The number of hydrogen-bond acceptors (Lipinski definition) is 3. The fourth-order valence-electron chi connectivity index (χ4n) is 5.75. The number of carbonyl (C=O) groups is 3. The Labute approximate surface area is 182 Å². The van der Waals surface area contributed by atoms with Crippen LogP contribution < -0.4 is 5.32 Å². The van der Waals surface area contributed by atoms with E-state index in [1.807, 2.05) is 47.4 Å². The molecule has 2 heterocycles. The van der Waals surface area contributed by atoms with Crippen LogP contribution in [0.25, 0.3) is 10.8 Å². The molecule has 0 aromatic heterocycles. The minimum atomic E-state index is -1.19. The maximum absolute atomic E-state index is 13.4. The molecule has 3 unspecified atom stereocenters. The van der Waals surface area contributed by atoms with Crippen molar-refractivity contribution in [3.8, 4) is 0 Å². The number of nitrogens with zero attached hydrogens (tertiary/aromatic N) is 2. The van der Waals surface area contributed by atoms with Crippen molar-refractivity contribution in [2.75, 3.05) is 19.6 Å². The van der Waals surface area contributed by atoms with Crippen molar-refractivity contribution >= 4 is 28.6 Å². The molecule has 4 amide bonds. The molecule has 0 spiro atoms. The van der Waals surface area contributed by atoms with Gasteiger partial charge >= 0.3 is 6.03 Å². The van der Waals surface area contributed by atoms with E-state index in [-0.39, 0.29) is 18.4 Å². The summed E-state index contributed by atoms with van der Waals surface area (Å²) < 4.78 is 0. The van der Waals surface area contributed by atoms with Crippen molar-refractivity contribution in [1.82, 2.24) is 15.1 Å². The number of nitrogens with one attached hydrogen (secondary N) is 1. The average molecular weight is 420 g/mol. The van der Waals surface area contributed by atoms with Gasteiger partial charge in [0.1, 0.15) is 12.1 Å². The highest BCUT2D eigenvalue weighted by atomic mass is 16.2. The highest BCUT2D eigenvalue weighted by Gasteiger charge is 2.50. The van der Waals surface area contributed by atoms with Gasteiger partial charge in [-0.2, -0.15) is 0 Å². The molecule has 0 radical (unpaired) electrons. The molecular weight excluding hydrogens is 390 g/mol. The zero-order valence-corrected chi connectivity index (χ0v) is 18.0. The Morgan fingerprint density at radius 1 is 1.03 bits per heavy atom. The standard InChI is InChI=1S/C25H29N3O3/c1-25(21-12-6-10-18-8-4-5-11-20(18)21)23(30)28(24(31)26-25)16-22(29)27-14-13-17-7-2-3-9-19(17)15-27/h4-6,8,10-12,17,19H,2-3,7,9,13-16H2,1H3,(H,26,31). The number of piperidine rings is 1. The van der Waals surface area contributed by atoms with Crippen molar-refractivity contribution in [2.45, 2.75) is 44.6 Å². The van der Waals surface area contributed by atoms with Gasteiger partial charge in [-0.15, -0.1) is 0 Å². The smallest absolute Gasteiger partial charge is 0.325 e. The Kier molecular flexibility index (Phi) is 4.95. The quantitative estimate of drug-likeness (QED) is 0.772. The summed E-state index contributed by atoms with van der Waals surface area (Å²) in [6.07, 6.45) is 6.01. The maximum atomic E-state index is 13.4. The molecule has 0 bridgehead atoms. The molecule has 6 heteroatoms. The summed E-state index contributed by atoms with van der Waals surface area (Å²) in [5, 5.41) is 4.79. The van der Waals surface area contributed by atoms with E-state index in [2.05, 4.69) is 5.32 Å². The molecule has 1 N–H and O–H groups in total. The Morgan fingerprint density at radius 2 is 1.77 bits per heavy atom. The molecule has 31 heavy (non-hydrogen) atoms. The molecule has 2 saturated heterocycles. The van der Waals surface area contributed by atoms with E-state index in [0.29, 0.717) is 5.92 Å². The molecular formula is C25H29N3O3. The summed E-state index contributed by atoms with van der Waals surface area (Å²) in [4.78, 5) is 42.2. The van der Waals surface area contributed by atoms with Gasteiger partial charge in [-0.3, -0.25) is 14.5 Å². The lowest BCUT2D eigenvalue weighted by atomic mass is 9.75. The summed E-state index contributed by atoms with van der Waals surface area (Å²) >= 11 is 0. The third-order valence-corrected chi connectivity index (χ3v) is 7.54. The largest absolute Gasteiger partial charge is 0.341 e. The van der Waals surface area contributed by atoms with Gasteiger partial charge in [-0.05, 0) is 47.9 Å². The molecule has 5 rings (SSSR count). The zero-order chi connectivity index (χ0) is 21.6. The molecule has 2 aromatic rings. The van der Waals surface area contributed by atoms with Crippen LogP contribution in [0.2, 0.25) is 0 Å². The van der Waals surface area contributed by atoms with Crippen LogP contribution in [0.15, 0.2) is 42.5 Å². The average Bonchev–Trinajstić information content (AvgIpc) is 3.02. The van der Waals surface area contributed by atoms with Crippen LogP contribution in [0, 0.1) is 11.8 Å². The lowest BCUT2D eigenvalue weighted by molar-refractivity contribution is -0.140. The lowest BCUT2D eigenvalue weighted by Gasteiger charge is -2.41. The van der Waals surface area contributed by atoms with E-state index in [4.69, 9.17) is 0 Å². The van der Waals surface area contributed by atoms with Gasteiger partial charge in [0.2, 0.25) is 5.91 Å². The first-order chi connectivity index (χ1) is 15.0. The fourth-order valence-corrected chi connectivity index (χ4v) is 5.75. The van der Waals surface area contributed by atoms with E-state index < -0.39 is 11.6 Å². The number of urea groups is 1. The van der Waals surface area contributed by atoms with Gasteiger partial charge < -0.3 is 10.2 Å². The minimum Gasteiger partial charge on any atom is -0.341 e. The van der Waals surface area contributed by atoms with E-state index >= 15 is 0 Å². The van der Waals surface area contributed by atoms with E-state index in [1.54, 1.807) is 6.92 Å². The number of fused-ring (bicyclic) bond motifs is 2. The molecule has 2 aliphatic heterocycles. The van der Waals surface area contributed by atoms with Crippen molar-refractivity contribution in [3.05, 3.63) is 48.0 Å². The normalized spacial score (nSPS) is 28.5. The van der Waals surface area contributed by atoms with E-state index in [9.17, 15) is 14.4 Å². The Bertz CT molecular complexity index is 1050. The van der Waals surface area contributed by atoms with Gasteiger partial charge in [0, 0.05) is 13.1 Å². The Hall–Kier alpha value is -2.89. The second kappa shape index (κ2) is 7.66. The summed E-state index contributed by atoms with van der Waals surface area (Å²) in [5.41, 5.74) is -0.434. The minimum absolute atomic E-state index is 0.130. The number of carbonyl (C=O) groups excluding carboxylic acids is 3. The third-order valence-electron chi connectivity index (χ3n) is 7.54. The maximum Gasteiger partial charge on any atom is 0.325 e. The van der Waals surface area contributed by atoms with Crippen molar-refractivity contribution in [1.29, 1.82) is 0 Å². The number of benzene rings is 2. The summed E-state index contributed by atoms with van der Waals surface area (Å²) in [7, 11) is 0. The van der Waals surface area contributed by atoms with Crippen molar-refractivity contribution in [3.63, 3.8) is 0 Å². The number of amides is 4. The molecule has 162 valence electrons. The van der Waals surface area contributed by atoms with Crippen LogP contribution in [-0.2, 0) is 15.1 Å². The van der Waals surface area contributed by atoms with Crippen LogP contribution in [0.1, 0.15) is 44.6 Å². The van der Waals surface area contributed by atoms with Gasteiger partial charge in [-0.25, -0.2) is 4.79 Å². The first-order valence-corrected chi connectivity index (χ1v) is 11.4. The Morgan fingerprint density at radius 3 is 2.61 bits per heavy atom. The Balaban J connectivity index is 1.35. The van der Waals surface area contributed by atoms with Crippen LogP contribution in [0.3, 0.4) is 0 Å². The second-order valence-corrected chi connectivity index (χ2v) is 9.41. The third kappa shape index (κ3) is 3.38. The van der Waals surface area contributed by atoms with Gasteiger partial charge in [0.25, 0.3) is 5.91 Å². The SMILES string of the molecule is CC1(c2cccc3ccccc23)NC(=O)N(CC(=O)N2CCC3CCCCC3C2)C1=O. The number of imide groups is 1. The van der Waals surface area contributed by atoms with Crippen LogP contribution >= 0.6 is 0 Å². The monoisotopic (exact) mass is 419 g/mol. The fraction of sp³-hybridized carbons (Fsp3) is 0.480. The van der Waals surface area contributed by atoms with Crippen LogP contribution in [0.5, 0.6) is 0 Å². The molecule has 6 nitrogen and oxygen atoms in total. The van der Waals surface area contributed by atoms with Crippen LogP contribution in [0.4, 0.5) is 4.79 Å². The molecule has 3 aliphatic rings. The summed E-state index contributed by atoms with van der Waals surface area (Å²) in [6.45, 7) is 3.02. The lowest BCUT2D eigenvalue weighted by Crippen LogP contribution is -2.49. The molecule has 3 fully saturated rings. The van der Waals surface area contributed by atoms with Crippen molar-refractivity contribution < 1.29 is 14.4 Å². The van der Waals surface area contributed by atoms with Gasteiger partial charge in [0.05, 0.1) is 0 Å². The molecule has 3 atom stereocenters. The highest BCUT2D eigenvalue weighted by Crippen LogP contribution is 2.37. The van der Waals surface area contributed by atoms with E-state index in [0.717, 1.165) is 46.7 Å². The van der Waals surface area contributed by atoms with Crippen LogP contribution in [-0.4, -0.2) is 47.3 Å². The predicted octanol–water partition coefficient (Wildman–Crippen LogP) is 3.65.